The predicted molar refractivity (Wildman–Crippen MR) is 62.0 cm³/mol. The van der Waals surface area contributed by atoms with E-state index in [0.717, 1.165) is 26.1 Å². The van der Waals surface area contributed by atoms with E-state index in [9.17, 15) is 4.79 Å². The molecule has 14 heavy (non-hydrogen) atoms. The number of likely N-dealkylation sites (tertiary alicyclic amines) is 1. The molecular formula is C9H16N2OS2. The van der Waals surface area contributed by atoms with Crippen LogP contribution in [0.2, 0.25) is 0 Å². The first kappa shape index (κ1) is 10.6. The molecule has 2 heterocycles. The van der Waals surface area contributed by atoms with Crippen LogP contribution in [-0.4, -0.2) is 40.8 Å². The molecule has 2 aliphatic rings. The lowest BCUT2D eigenvalue weighted by Crippen LogP contribution is -2.57. The zero-order valence-electron chi connectivity index (χ0n) is 8.56. The van der Waals surface area contributed by atoms with Crippen LogP contribution in [0.15, 0.2) is 0 Å². The van der Waals surface area contributed by atoms with Crippen molar-refractivity contribution in [3.8, 4) is 0 Å². The predicted octanol–water partition coefficient (Wildman–Crippen LogP) is 1.42. The van der Waals surface area contributed by atoms with Gasteiger partial charge in [-0.1, -0.05) is 11.7 Å². The van der Waals surface area contributed by atoms with Gasteiger partial charge in [0.2, 0.25) is 5.91 Å². The van der Waals surface area contributed by atoms with Crippen molar-refractivity contribution in [3.63, 3.8) is 0 Å². The first-order valence-corrected chi connectivity index (χ1v) is 6.79. The van der Waals surface area contributed by atoms with Gasteiger partial charge < -0.3 is 4.90 Å². The number of thiol groups is 1. The number of carbonyl (C=O) groups is 1. The second-order valence-electron chi connectivity index (χ2n) is 4.50. The summed E-state index contributed by atoms with van der Waals surface area (Å²) in [4.78, 5) is 14.1. The van der Waals surface area contributed by atoms with Crippen molar-refractivity contribution in [3.05, 3.63) is 0 Å². The third-order valence-corrected chi connectivity index (χ3v) is 4.42. The highest BCUT2D eigenvalue weighted by atomic mass is 33.1. The molecule has 0 bridgehead atoms. The molecule has 0 aromatic heterocycles. The number of nitrogens with zero attached hydrogens (tertiary/aromatic N) is 2. The SMILES string of the molecule is CC(C)N1CCC2(CN(SS)C2)C1=O. The van der Waals surface area contributed by atoms with Gasteiger partial charge in [-0.3, -0.25) is 4.79 Å². The van der Waals surface area contributed by atoms with E-state index in [1.165, 1.54) is 11.0 Å². The van der Waals surface area contributed by atoms with E-state index in [2.05, 4.69) is 29.8 Å². The van der Waals surface area contributed by atoms with Crippen LogP contribution in [0.25, 0.3) is 0 Å². The second kappa shape index (κ2) is 3.61. The molecule has 0 N–H and O–H groups in total. The van der Waals surface area contributed by atoms with Crippen molar-refractivity contribution in [1.82, 2.24) is 9.21 Å². The maximum atomic E-state index is 12.1. The van der Waals surface area contributed by atoms with Gasteiger partial charge in [-0.15, -0.1) is 0 Å². The lowest BCUT2D eigenvalue weighted by Gasteiger charge is -2.44. The molecule has 0 atom stereocenters. The topological polar surface area (TPSA) is 23.6 Å². The minimum atomic E-state index is -0.0556. The molecule has 5 heteroatoms. The van der Waals surface area contributed by atoms with Gasteiger partial charge in [0.15, 0.2) is 0 Å². The molecule has 0 unspecified atom stereocenters. The highest BCUT2D eigenvalue weighted by Crippen LogP contribution is 2.44. The van der Waals surface area contributed by atoms with Crippen LogP contribution in [-0.2, 0) is 4.79 Å². The summed E-state index contributed by atoms with van der Waals surface area (Å²) in [6, 6.07) is 0.347. The molecule has 1 amide bonds. The van der Waals surface area contributed by atoms with Crippen LogP contribution in [0.3, 0.4) is 0 Å². The summed E-state index contributed by atoms with van der Waals surface area (Å²) < 4.78 is 2.13. The van der Waals surface area contributed by atoms with Crippen LogP contribution in [0.5, 0.6) is 0 Å². The fourth-order valence-electron chi connectivity index (χ4n) is 2.32. The molecule has 2 rings (SSSR count). The maximum absolute atomic E-state index is 12.1. The van der Waals surface area contributed by atoms with Gasteiger partial charge in [0, 0.05) is 25.7 Å². The Bertz CT molecular complexity index is 251. The monoisotopic (exact) mass is 232 g/mol. The molecule has 3 nitrogen and oxygen atoms in total. The highest BCUT2D eigenvalue weighted by molar-refractivity contribution is 8.67. The average molecular weight is 232 g/mol. The third kappa shape index (κ3) is 1.46. The highest BCUT2D eigenvalue weighted by Gasteiger charge is 2.54. The molecule has 0 radical (unpaired) electrons. The van der Waals surface area contributed by atoms with Gasteiger partial charge in [-0.25, -0.2) is 4.31 Å². The zero-order chi connectivity index (χ0) is 10.3. The first-order chi connectivity index (χ1) is 6.59. The van der Waals surface area contributed by atoms with E-state index >= 15 is 0 Å². The first-order valence-electron chi connectivity index (χ1n) is 4.97. The molecule has 0 aromatic carbocycles. The minimum Gasteiger partial charge on any atom is -0.340 e. The van der Waals surface area contributed by atoms with E-state index < -0.39 is 0 Å². The number of hydrogen-bond acceptors (Lipinski definition) is 4. The maximum Gasteiger partial charge on any atom is 0.231 e. The van der Waals surface area contributed by atoms with Crippen molar-refractivity contribution < 1.29 is 4.79 Å². The fourth-order valence-corrected chi connectivity index (χ4v) is 3.28. The number of carbonyl (C=O) groups excluding carboxylic acids is 1. The van der Waals surface area contributed by atoms with Crippen molar-refractivity contribution in [2.45, 2.75) is 26.3 Å². The molecule has 80 valence electrons. The molecule has 0 saturated carbocycles. The summed E-state index contributed by atoms with van der Waals surface area (Å²) in [5, 5.41) is 0. The van der Waals surface area contributed by atoms with Crippen LogP contribution in [0.4, 0.5) is 0 Å². The van der Waals surface area contributed by atoms with Crippen molar-refractivity contribution in [2.75, 3.05) is 19.6 Å². The van der Waals surface area contributed by atoms with Gasteiger partial charge in [0.25, 0.3) is 0 Å². The van der Waals surface area contributed by atoms with E-state index in [1.807, 2.05) is 4.90 Å². The van der Waals surface area contributed by atoms with Gasteiger partial charge in [0.1, 0.15) is 0 Å². The van der Waals surface area contributed by atoms with Gasteiger partial charge >= 0.3 is 0 Å². The quantitative estimate of drug-likeness (QED) is 0.442. The molecule has 2 saturated heterocycles. The van der Waals surface area contributed by atoms with Crippen molar-refractivity contribution in [2.24, 2.45) is 5.41 Å². The molecule has 1 spiro atoms. The Labute approximate surface area is 94.1 Å². The second-order valence-corrected chi connectivity index (χ2v) is 5.67. The van der Waals surface area contributed by atoms with E-state index in [0.29, 0.717) is 11.9 Å². The summed E-state index contributed by atoms with van der Waals surface area (Å²) in [7, 11) is 1.44. The lowest BCUT2D eigenvalue weighted by atomic mass is 9.80. The molecule has 2 aliphatic heterocycles. The van der Waals surface area contributed by atoms with Crippen LogP contribution < -0.4 is 0 Å². The Hall–Kier alpha value is 0.130. The molecule has 2 fully saturated rings. The van der Waals surface area contributed by atoms with Crippen molar-refractivity contribution >= 4 is 28.5 Å². The lowest BCUT2D eigenvalue weighted by molar-refractivity contribution is -0.142. The van der Waals surface area contributed by atoms with E-state index in [4.69, 9.17) is 0 Å². The fraction of sp³-hybridized carbons (Fsp3) is 0.889. The summed E-state index contributed by atoms with van der Waals surface area (Å²) in [6.07, 6.45) is 1.02. The van der Waals surface area contributed by atoms with Crippen LogP contribution >= 0.6 is 22.6 Å². The smallest absolute Gasteiger partial charge is 0.231 e. The zero-order valence-corrected chi connectivity index (χ0v) is 10.3. The van der Waals surface area contributed by atoms with E-state index in [-0.39, 0.29) is 5.41 Å². The Morgan fingerprint density at radius 1 is 1.50 bits per heavy atom. The normalized spacial score (nSPS) is 26.3. The largest absolute Gasteiger partial charge is 0.340 e. The Balaban J connectivity index is 2.02. The Kier molecular flexibility index (Phi) is 2.74. The molecule has 0 aliphatic carbocycles. The van der Waals surface area contributed by atoms with Gasteiger partial charge in [-0.05, 0) is 31.2 Å². The summed E-state index contributed by atoms with van der Waals surface area (Å²) in [5.41, 5.74) is -0.0556. The molecule has 0 aromatic rings. The summed E-state index contributed by atoms with van der Waals surface area (Å²) in [5.74, 6) is 0.353. The number of hydrogen-bond donors (Lipinski definition) is 1. The van der Waals surface area contributed by atoms with Crippen molar-refractivity contribution in [1.29, 1.82) is 0 Å². The minimum absolute atomic E-state index is 0.0556. The van der Waals surface area contributed by atoms with Gasteiger partial charge in [0.05, 0.1) is 5.41 Å². The Morgan fingerprint density at radius 3 is 2.57 bits per heavy atom. The number of amides is 1. The van der Waals surface area contributed by atoms with Crippen LogP contribution in [0, 0.1) is 5.41 Å². The summed E-state index contributed by atoms with van der Waals surface area (Å²) in [6.45, 7) is 6.86. The average Bonchev–Trinajstić information content (AvgIpc) is 2.40. The molecular weight excluding hydrogens is 216 g/mol. The third-order valence-electron chi connectivity index (χ3n) is 3.24. The van der Waals surface area contributed by atoms with Crippen LogP contribution in [0.1, 0.15) is 20.3 Å². The standard InChI is InChI=1S/C9H16N2OS2/c1-7(2)11-4-3-9(8(11)12)5-10(6-9)14-13/h7,13H,3-6H2,1-2H3. The Morgan fingerprint density at radius 2 is 2.14 bits per heavy atom. The van der Waals surface area contributed by atoms with Gasteiger partial charge in [-0.2, -0.15) is 0 Å². The summed E-state index contributed by atoms with van der Waals surface area (Å²) >= 11 is 4.13. The number of rotatable bonds is 2. The van der Waals surface area contributed by atoms with E-state index in [1.54, 1.807) is 0 Å².